The van der Waals surface area contributed by atoms with Crippen LogP contribution in [0.1, 0.15) is 28.4 Å². The summed E-state index contributed by atoms with van der Waals surface area (Å²) >= 11 is 3.46. The zero-order chi connectivity index (χ0) is 17.7. The number of nitrogens with zero attached hydrogens (tertiary/aromatic N) is 1. The van der Waals surface area contributed by atoms with Crippen LogP contribution in [0.3, 0.4) is 0 Å². The first-order chi connectivity index (χ1) is 11.5. The van der Waals surface area contributed by atoms with Crippen LogP contribution in [0.25, 0.3) is 0 Å². The lowest BCUT2D eigenvalue weighted by atomic mass is 10.1. The van der Waals surface area contributed by atoms with E-state index in [1.54, 1.807) is 31.2 Å². The molecule has 0 aliphatic carbocycles. The Labute approximate surface area is 151 Å². The Hall–Kier alpha value is -2.01. The lowest BCUT2D eigenvalue weighted by molar-refractivity contribution is 0.0784. The van der Waals surface area contributed by atoms with Gasteiger partial charge < -0.3 is 14.4 Å². The first kappa shape index (κ1) is 18.3. The Morgan fingerprint density at radius 3 is 2.46 bits per heavy atom. The summed E-state index contributed by atoms with van der Waals surface area (Å²) in [5.74, 6) is 1.08. The van der Waals surface area contributed by atoms with Gasteiger partial charge in [-0.1, -0.05) is 29.8 Å². The second kappa shape index (κ2) is 8.20. The normalized spacial score (nSPS) is 10.4. The number of carbonyl (C=O) groups excluding carboxylic acids is 1. The highest BCUT2D eigenvalue weighted by molar-refractivity contribution is 9.10. The Bertz CT molecular complexity index is 713. The molecule has 24 heavy (non-hydrogen) atoms. The molecule has 0 saturated carbocycles. The van der Waals surface area contributed by atoms with E-state index in [-0.39, 0.29) is 5.91 Å². The van der Waals surface area contributed by atoms with E-state index in [0.717, 1.165) is 5.56 Å². The van der Waals surface area contributed by atoms with Crippen LogP contribution in [0, 0.1) is 6.92 Å². The molecule has 128 valence electrons. The Balaban J connectivity index is 2.22. The van der Waals surface area contributed by atoms with E-state index in [0.29, 0.717) is 34.7 Å². The zero-order valence-electron chi connectivity index (χ0n) is 14.4. The molecule has 2 rings (SSSR count). The van der Waals surface area contributed by atoms with E-state index in [2.05, 4.69) is 15.9 Å². The number of halogens is 1. The molecule has 5 heteroatoms. The van der Waals surface area contributed by atoms with Gasteiger partial charge in [0.25, 0.3) is 5.91 Å². The highest BCUT2D eigenvalue weighted by atomic mass is 79.9. The minimum atomic E-state index is -0.0716. The maximum Gasteiger partial charge on any atom is 0.254 e. The SMILES string of the molecule is CCOc1c(Br)cc(C(=O)N(C)Cc2ccc(C)cc2)cc1OC. The molecule has 0 aromatic heterocycles. The zero-order valence-corrected chi connectivity index (χ0v) is 16.0. The van der Waals surface area contributed by atoms with Crippen molar-refractivity contribution in [2.75, 3.05) is 20.8 Å². The molecule has 0 N–H and O–H groups in total. The van der Waals surface area contributed by atoms with E-state index >= 15 is 0 Å². The summed E-state index contributed by atoms with van der Waals surface area (Å²) in [4.78, 5) is 14.4. The molecule has 0 radical (unpaired) electrons. The lowest BCUT2D eigenvalue weighted by Crippen LogP contribution is -2.26. The number of rotatable bonds is 6. The molecule has 0 bridgehead atoms. The fourth-order valence-corrected chi connectivity index (χ4v) is 2.94. The first-order valence-corrected chi connectivity index (χ1v) is 8.57. The van der Waals surface area contributed by atoms with Crippen LogP contribution in [-0.2, 0) is 6.54 Å². The van der Waals surface area contributed by atoms with Gasteiger partial charge in [-0.3, -0.25) is 4.79 Å². The van der Waals surface area contributed by atoms with Gasteiger partial charge in [-0.2, -0.15) is 0 Å². The molecule has 0 atom stereocenters. The lowest BCUT2D eigenvalue weighted by Gasteiger charge is -2.19. The summed E-state index contributed by atoms with van der Waals surface area (Å²) in [5.41, 5.74) is 2.85. The number of methoxy groups -OCH3 is 1. The molecule has 2 aromatic rings. The van der Waals surface area contributed by atoms with Gasteiger partial charge in [0.1, 0.15) is 0 Å². The predicted molar refractivity (Wildman–Crippen MR) is 98.8 cm³/mol. The standard InChI is InChI=1S/C19H22BrNO3/c1-5-24-18-16(20)10-15(11-17(18)23-4)19(22)21(3)12-14-8-6-13(2)7-9-14/h6-11H,5,12H2,1-4H3. The average Bonchev–Trinajstić information content (AvgIpc) is 2.57. The summed E-state index contributed by atoms with van der Waals surface area (Å²) in [5, 5.41) is 0. The van der Waals surface area contributed by atoms with Crippen LogP contribution >= 0.6 is 15.9 Å². The van der Waals surface area contributed by atoms with Gasteiger partial charge in [-0.25, -0.2) is 0 Å². The molecular weight excluding hydrogens is 370 g/mol. The van der Waals surface area contributed by atoms with Crippen molar-refractivity contribution in [1.29, 1.82) is 0 Å². The Morgan fingerprint density at radius 2 is 1.88 bits per heavy atom. The van der Waals surface area contributed by atoms with Crippen molar-refractivity contribution < 1.29 is 14.3 Å². The number of benzene rings is 2. The summed E-state index contributed by atoms with van der Waals surface area (Å²) in [6, 6.07) is 11.6. The number of amides is 1. The van der Waals surface area contributed by atoms with Gasteiger partial charge in [0.2, 0.25) is 0 Å². The van der Waals surface area contributed by atoms with Gasteiger partial charge in [0.15, 0.2) is 11.5 Å². The molecule has 0 fully saturated rings. The van der Waals surface area contributed by atoms with Crippen molar-refractivity contribution in [3.63, 3.8) is 0 Å². The molecule has 4 nitrogen and oxygen atoms in total. The smallest absolute Gasteiger partial charge is 0.254 e. The molecule has 0 unspecified atom stereocenters. The summed E-state index contributed by atoms with van der Waals surface area (Å²) in [7, 11) is 3.35. The van der Waals surface area contributed by atoms with Crippen molar-refractivity contribution in [3.05, 3.63) is 57.6 Å². The number of ether oxygens (including phenoxy) is 2. The van der Waals surface area contributed by atoms with Gasteiger partial charge in [-0.05, 0) is 47.5 Å². The minimum Gasteiger partial charge on any atom is -0.493 e. The Morgan fingerprint density at radius 1 is 1.21 bits per heavy atom. The molecule has 2 aromatic carbocycles. The van der Waals surface area contributed by atoms with Crippen molar-refractivity contribution in [1.82, 2.24) is 4.90 Å². The van der Waals surface area contributed by atoms with Crippen LogP contribution in [0.15, 0.2) is 40.9 Å². The fourth-order valence-electron chi connectivity index (χ4n) is 2.39. The fraction of sp³-hybridized carbons (Fsp3) is 0.316. The van der Waals surface area contributed by atoms with Crippen LogP contribution in [0.4, 0.5) is 0 Å². The predicted octanol–water partition coefficient (Wildman–Crippen LogP) is 4.44. The van der Waals surface area contributed by atoms with E-state index in [9.17, 15) is 4.79 Å². The molecular formula is C19H22BrNO3. The molecule has 0 aliphatic heterocycles. The second-order valence-electron chi connectivity index (χ2n) is 5.57. The Kier molecular flexibility index (Phi) is 6.26. The number of hydrogen-bond donors (Lipinski definition) is 0. The van der Waals surface area contributed by atoms with Crippen molar-refractivity contribution in [2.45, 2.75) is 20.4 Å². The maximum absolute atomic E-state index is 12.7. The third kappa shape index (κ3) is 4.29. The first-order valence-electron chi connectivity index (χ1n) is 7.77. The highest BCUT2D eigenvalue weighted by Gasteiger charge is 2.18. The van der Waals surface area contributed by atoms with E-state index < -0.39 is 0 Å². The van der Waals surface area contributed by atoms with Crippen LogP contribution in [0.5, 0.6) is 11.5 Å². The van der Waals surface area contributed by atoms with E-state index in [1.165, 1.54) is 5.56 Å². The minimum absolute atomic E-state index is 0.0716. The molecule has 0 heterocycles. The van der Waals surface area contributed by atoms with Crippen LogP contribution in [0.2, 0.25) is 0 Å². The van der Waals surface area contributed by atoms with Crippen molar-refractivity contribution in [3.8, 4) is 11.5 Å². The van der Waals surface area contributed by atoms with Gasteiger partial charge in [0, 0.05) is 19.2 Å². The largest absolute Gasteiger partial charge is 0.493 e. The van der Waals surface area contributed by atoms with Crippen LogP contribution < -0.4 is 9.47 Å². The van der Waals surface area contributed by atoms with Gasteiger partial charge >= 0.3 is 0 Å². The molecule has 1 amide bonds. The van der Waals surface area contributed by atoms with Gasteiger partial charge in [0.05, 0.1) is 18.2 Å². The van der Waals surface area contributed by atoms with Crippen molar-refractivity contribution in [2.24, 2.45) is 0 Å². The molecule has 0 spiro atoms. The monoisotopic (exact) mass is 391 g/mol. The summed E-state index contributed by atoms with van der Waals surface area (Å²) in [6.07, 6.45) is 0. The molecule has 0 saturated heterocycles. The molecule has 0 aliphatic rings. The average molecular weight is 392 g/mol. The summed E-state index contributed by atoms with van der Waals surface area (Å²) < 4.78 is 11.6. The van der Waals surface area contributed by atoms with Crippen molar-refractivity contribution >= 4 is 21.8 Å². The van der Waals surface area contributed by atoms with E-state index in [4.69, 9.17) is 9.47 Å². The second-order valence-corrected chi connectivity index (χ2v) is 6.42. The summed E-state index contributed by atoms with van der Waals surface area (Å²) in [6.45, 7) is 5.02. The number of hydrogen-bond acceptors (Lipinski definition) is 3. The van der Waals surface area contributed by atoms with Crippen LogP contribution in [-0.4, -0.2) is 31.6 Å². The van der Waals surface area contributed by atoms with Gasteiger partial charge in [-0.15, -0.1) is 0 Å². The quantitative estimate of drug-likeness (QED) is 0.730. The topological polar surface area (TPSA) is 38.8 Å². The number of carbonyl (C=O) groups is 1. The number of aryl methyl sites for hydroxylation is 1. The third-order valence-electron chi connectivity index (χ3n) is 3.65. The van der Waals surface area contributed by atoms with E-state index in [1.807, 2.05) is 38.1 Å². The maximum atomic E-state index is 12.7. The third-order valence-corrected chi connectivity index (χ3v) is 4.24. The highest BCUT2D eigenvalue weighted by Crippen LogP contribution is 2.37.